The van der Waals surface area contributed by atoms with Gasteiger partial charge < -0.3 is 10.2 Å². The maximum Gasteiger partial charge on any atom is 0.0387 e. The molecular weight excluding hydrogens is 196 g/mol. The summed E-state index contributed by atoms with van der Waals surface area (Å²) in [6.07, 6.45) is 0. The molecule has 1 aliphatic heterocycles. The molecule has 1 aromatic rings. The molecule has 1 N–H and O–H groups in total. The van der Waals surface area contributed by atoms with Crippen LogP contribution in [0.5, 0.6) is 0 Å². The summed E-state index contributed by atoms with van der Waals surface area (Å²) in [5.74, 6) is 0. The summed E-state index contributed by atoms with van der Waals surface area (Å²) in [4.78, 5) is 2.50. The van der Waals surface area contributed by atoms with Crippen molar-refractivity contribution in [2.24, 2.45) is 0 Å². The topological polar surface area (TPSA) is 15.3 Å². The predicted octanol–water partition coefficient (Wildman–Crippen LogP) is 2.57. The van der Waals surface area contributed by atoms with Gasteiger partial charge in [0.2, 0.25) is 0 Å². The van der Waals surface area contributed by atoms with E-state index in [1.807, 2.05) is 0 Å². The summed E-state index contributed by atoms with van der Waals surface area (Å²) in [6, 6.07) is 9.35. The molecule has 0 spiro atoms. The molecular formula is C14H22N2. The van der Waals surface area contributed by atoms with Crippen molar-refractivity contribution >= 4 is 5.69 Å². The highest BCUT2D eigenvalue weighted by Crippen LogP contribution is 2.23. The van der Waals surface area contributed by atoms with E-state index in [0.29, 0.717) is 6.04 Å². The van der Waals surface area contributed by atoms with Gasteiger partial charge in [0.25, 0.3) is 0 Å². The van der Waals surface area contributed by atoms with Crippen molar-refractivity contribution < 1.29 is 0 Å². The molecule has 1 aliphatic rings. The highest BCUT2D eigenvalue weighted by atomic mass is 15.2. The van der Waals surface area contributed by atoms with E-state index in [1.165, 1.54) is 11.3 Å². The first-order valence-electron chi connectivity index (χ1n) is 6.06. The zero-order valence-corrected chi connectivity index (χ0v) is 10.7. The van der Waals surface area contributed by atoms with Gasteiger partial charge in [-0.15, -0.1) is 0 Å². The lowest BCUT2D eigenvalue weighted by Gasteiger charge is -2.44. The smallest absolute Gasteiger partial charge is 0.0387 e. The van der Waals surface area contributed by atoms with Crippen LogP contribution in [0.4, 0.5) is 5.69 Å². The van der Waals surface area contributed by atoms with Crippen molar-refractivity contribution in [2.75, 3.05) is 18.0 Å². The molecule has 0 radical (unpaired) electrons. The standard InChI is InChI=1S/C14H22N2/c1-11-6-5-7-13(8-11)16-10-14(3,4)15-9-12(16)2/h5-8,12,15H,9-10H2,1-4H3. The molecule has 2 rings (SSSR count). The maximum absolute atomic E-state index is 3.58. The third-order valence-electron chi connectivity index (χ3n) is 3.31. The Hall–Kier alpha value is -1.02. The van der Waals surface area contributed by atoms with E-state index in [9.17, 15) is 0 Å². The minimum atomic E-state index is 0.205. The summed E-state index contributed by atoms with van der Waals surface area (Å²) < 4.78 is 0. The van der Waals surface area contributed by atoms with Crippen LogP contribution in [0.15, 0.2) is 24.3 Å². The van der Waals surface area contributed by atoms with Crippen LogP contribution in [-0.2, 0) is 0 Å². The largest absolute Gasteiger partial charge is 0.366 e. The number of hydrogen-bond donors (Lipinski definition) is 1. The highest BCUT2D eigenvalue weighted by Gasteiger charge is 2.30. The molecule has 88 valence electrons. The zero-order valence-electron chi connectivity index (χ0n) is 10.7. The lowest BCUT2D eigenvalue weighted by Crippen LogP contribution is -2.61. The van der Waals surface area contributed by atoms with Gasteiger partial charge in [-0.25, -0.2) is 0 Å². The highest BCUT2D eigenvalue weighted by molar-refractivity contribution is 5.50. The van der Waals surface area contributed by atoms with E-state index in [2.05, 4.69) is 62.2 Å². The number of nitrogens with zero attached hydrogens (tertiary/aromatic N) is 1. The number of piperazine rings is 1. The van der Waals surface area contributed by atoms with Crippen molar-refractivity contribution in [1.82, 2.24) is 5.32 Å². The van der Waals surface area contributed by atoms with Crippen molar-refractivity contribution in [2.45, 2.75) is 39.3 Å². The molecule has 0 aliphatic carbocycles. The molecule has 1 aromatic carbocycles. The number of rotatable bonds is 1. The van der Waals surface area contributed by atoms with E-state index in [0.717, 1.165) is 13.1 Å². The second kappa shape index (κ2) is 4.10. The van der Waals surface area contributed by atoms with Gasteiger partial charge in [0, 0.05) is 30.4 Å². The molecule has 1 saturated heterocycles. The zero-order chi connectivity index (χ0) is 11.8. The monoisotopic (exact) mass is 218 g/mol. The van der Waals surface area contributed by atoms with Crippen LogP contribution in [0.25, 0.3) is 0 Å². The van der Waals surface area contributed by atoms with E-state index in [-0.39, 0.29) is 5.54 Å². The normalized spacial score (nSPS) is 24.5. The fourth-order valence-corrected chi connectivity index (χ4v) is 2.32. The van der Waals surface area contributed by atoms with Crippen molar-refractivity contribution in [3.05, 3.63) is 29.8 Å². The van der Waals surface area contributed by atoms with Crippen molar-refractivity contribution in [3.8, 4) is 0 Å². The quantitative estimate of drug-likeness (QED) is 0.779. The molecule has 0 aromatic heterocycles. The van der Waals surface area contributed by atoms with Crippen LogP contribution in [0, 0.1) is 6.92 Å². The summed E-state index contributed by atoms with van der Waals surface area (Å²) in [5.41, 5.74) is 2.89. The second-order valence-corrected chi connectivity index (χ2v) is 5.58. The van der Waals surface area contributed by atoms with Crippen molar-refractivity contribution in [3.63, 3.8) is 0 Å². The number of benzene rings is 1. The maximum atomic E-state index is 3.58. The van der Waals surface area contributed by atoms with E-state index in [4.69, 9.17) is 0 Å². The fraction of sp³-hybridized carbons (Fsp3) is 0.571. The Morgan fingerprint density at radius 1 is 1.38 bits per heavy atom. The van der Waals surface area contributed by atoms with E-state index in [1.54, 1.807) is 0 Å². The van der Waals surface area contributed by atoms with Gasteiger partial charge in [-0.1, -0.05) is 12.1 Å². The van der Waals surface area contributed by atoms with Crippen LogP contribution < -0.4 is 10.2 Å². The molecule has 16 heavy (non-hydrogen) atoms. The lowest BCUT2D eigenvalue weighted by atomic mass is 9.98. The van der Waals surface area contributed by atoms with Crippen LogP contribution >= 0.6 is 0 Å². The first kappa shape index (κ1) is 11.5. The third kappa shape index (κ3) is 2.38. The fourth-order valence-electron chi connectivity index (χ4n) is 2.32. The second-order valence-electron chi connectivity index (χ2n) is 5.58. The van der Waals surface area contributed by atoms with Crippen LogP contribution in [0.2, 0.25) is 0 Å². The first-order valence-corrected chi connectivity index (χ1v) is 6.06. The van der Waals surface area contributed by atoms with Gasteiger partial charge in [0.15, 0.2) is 0 Å². The Morgan fingerprint density at radius 2 is 2.12 bits per heavy atom. The molecule has 2 heteroatoms. The van der Waals surface area contributed by atoms with Crippen LogP contribution in [0.3, 0.4) is 0 Å². The lowest BCUT2D eigenvalue weighted by molar-refractivity contribution is 0.318. The molecule has 1 atom stereocenters. The van der Waals surface area contributed by atoms with Gasteiger partial charge in [-0.3, -0.25) is 0 Å². The van der Waals surface area contributed by atoms with Gasteiger partial charge in [-0.05, 0) is 45.4 Å². The minimum absolute atomic E-state index is 0.205. The minimum Gasteiger partial charge on any atom is -0.366 e. The van der Waals surface area contributed by atoms with Crippen LogP contribution in [0.1, 0.15) is 26.3 Å². The number of aryl methyl sites for hydroxylation is 1. The Morgan fingerprint density at radius 3 is 2.81 bits per heavy atom. The Balaban J connectivity index is 2.25. The molecule has 1 fully saturated rings. The summed E-state index contributed by atoms with van der Waals surface area (Å²) in [5, 5.41) is 3.58. The molecule has 0 bridgehead atoms. The van der Waals surface area contributed by atoms with Gasteiger partial charge in [-0.2, -0.15) is 0 Å². The van der Waals surface area contributed by atoms with Gasteiger partial charge >= 0.3 is 0 Å². The number of nitrogens with one attached hydrogen (secondary N) is 1. The van der Waals surface area contributed by atoms with Crippen LogP contribution in [-0.4, -0.2) is 24.7 Å². The molecule has 1 unspecified atom stereocenters. The Bertz CT molecular complexity index is 371. The summed E-state index contributed by atoms with van der Waals surface area (Å²) in [6.45, 7) is 11.1. The Kier molecular flexibility index (Phi) is 2.94. The molecule has 0 saturated carbocycles. The molecule has 0 amide bonds. The average Bonchev–Trinajstić information content (AvgIpc) is 2.22. The first-order chi connectivity index (χ1) is 7.48. The average molecular weight is 218 g/mol. The van der Waals surface area contributed by atoms with E-state index >= 15 is 0 Å². The van der Waals surface area contributed by atoms with Gasteiger partial charge in [0.05, 0.1) is 0 Å². The number of hydrogen-bond acceptors (Lipinski definition) is 2. The summed E-state index contributed by atoms with van der Waals surface area (Å²) in [7, 11) is 0. The third-order valence-corrected chi connectivity index (χ3v) is 3.31. The number of anilines is 1. The van der Waals surface area contributed by atoms with Crippen molar-refractivity contribution in [1.29, 1.82) is 0 Å². The molecule has 2 nitrogen and oxygen atoms in total. The summed E-state index contributed by atoms with van der Waals surface area (Å²) >= 11 is 0. The van der Waals surface area contributed by atoms with Gasteiger partial charge in [0.1, 0.15) is 0 Å². The van der Waals surface area contributed by atoms with E-state index < -0.39 is 0 Å². The Labute approximate surface area is 98.7 Å². The predicted molar refractivity (Wildman–Crippen MR) is 70.1 cm³/mol. The molecule has 1 heterocycles. The SMILES string of the molecule is Cc1cccc(N2CC(C)(C)NCC2C)c1.